The SMILES string of the molecule is CCS(=O)(=O)N1CCC(c2nc(-c3ccc(CN)cc3)no2)CC1.Cl. The molecular weight excluding hydrogens is 364 g/mol. The molecule has 9 heteroatoms. The quantitative estimate of drug-likeness (QED) is 0.844. The van der Waals surface area contributed by atoms with Crippen LogP contribution in [0.5, 0.6) is 0 Å². The molecule has 1 aromatic heterocycles. The van der Waals surface area contributed by atoms with Crippen LogP contribution in [0.2, 0.25) is 0 Å². The summed E-state index contributed by atoms with van der Waals surface area (Å²) in [5, 5.41) is 4.05. The summed E-state index contributed by atoms with van der Waals surface area (Å²) >= 11 is 0. The standard InChI is InChI=1S/C16H22N4O3S.ClH/c1-2-24(21,22)20-9-7-14(8-10-20)16-18-15(19-23-16)13-5-3-12(11-17)4-6-13;/h3-6,14H,2,7-11,17H2,1H3;1H. The molecule has 0 aliphatic carbocycles. The van der Waals surface area contributed by atoms with E-state index in [1.54, 1.807) is 11.2 Å². The average Bonchev–Trinajstić information content (AvgIpc) is 3.12. The largest absolute Gasteiger partial charge is 0.339 e. The first-order valence-electron chi connectivity index (χ1n) is 8.14. The molecule has 1 fully saturated rings. The number of piperidine rings is 1. The predicted molar refractivity (Wildman–Crippen MR) is 97.9 cm³/mol. The van der Waals surface area contributed by atoms with Crippen LogP contribution in [0.4, 0.5) is 0 Å². The number of aromatic nitrogens is 2. The van der Waals surface area contributed by atoms with Crippen LogP contribution in [-0.2, 0) is 16.6 Å². The van der Waals surface area contributed by atoms with E-state index in [2.05, 4.69) is 10.1 Å². The third kappa shape index (κ3) is 4.38. The number of hydrogen-bond donors (Lipinski definition) is 1. The van der Waals surface area contributed by atoms with Crippen molar-refractivity contribution in [3.8, 4) is 11.4 Å². The van der Waals surface area contributed by atoms with Crippen LogP contribution in [-0.4, -0.2) is 41.7 Å². The van der Waals surface area contributed by atoms with Gasteiger partial charge < -0.3 is 10.3 Å². The zero-order chi connectivity index (χ0) is 17.2. The van der Waals surface area contributed by atoms with Crippen LogP contribution < -0.4 is 5.73 Å². The molecule has 1 aliphatic heterocycles. The Balaban J connectivity index is 0.00000225. The van der Waals surface area contributed by atoms with E-state index in [1.807, 2.05) is 24.3 Å². The van der Waals surface area contributed by atoms with Gasteiger partial charge in [0.05, 0.1) is 5.75 Å². The van der Waals surface area contributed by atoms with E-state index in [0.29, 0.717) is 44.2 Å². The van der Waals surface area contributed by atoms with Gasteiger partial charge in [0, 0.05) is 31.1 Å². The highest BCUT2D eigenvalue weighted by Gasteiger charge is 2.30. The average molecular weight is 387 g/mol. The van der Waals surface area contributed by atoms with Crippen LogP contribution in [0.1, 0.15) is 37.1 Å². The van der Waals surface area contributed by atoms with Crippen molar-refractivity contribution in [1.82, 2.24) is 14.4 Å². The fraction of sp³-hybridized carbons (Fsp3) is 0.500. The van der Waals surface area contributed by atoms with Gasteiger partial charge in [0.25, 0.3) is 0 Å². The molecule has 2 heterocycles. The molecule has 138 valence electrons. The van der Waals surface area contributed by atoms with Gasteiger partial charge in [-0.25, -0.2) is 12.7 Å². The number of halogens is 1. The first kappa shape index (κ1) is 19.8. The van der Waals surface area contributed by atoms with Gasteiger partial charge in [-0.2, -0.15) is 4.98 Å². The topological polar surface area (TPSA) is 102 Å². The maximum absolute atomic E-state index is 11.9. The molecule has 0 unspecified atom stereocenters. The number of rotatable bonds is 5. The third-order valence-electron chi connectivity index (χ3n) is 4.45. The lowest BCUT2D eigenvalue weighted by Gasteiger charge is -2.29. The summed E-state index contributed by atoms with van der Waals surface area (Å²) in [5.41, 5.74) is 7.53. The Hall–Kier alpha value is -1.48. The molecule has 2 N–H and O–H groups in total. The molecule has 0 atom stereocenters. The van der Waals surface area contributed by atoms with Gasteiger partial charge >= 0.3 is 0 Å². The Bertz CT molecular complexity index is 784. The number of benzene rings is 1. The van der Waals surface area contributed by atoms with Crippen molar-refractivity contribution < 1.29 is 12.9 Å². The maximum atomic E-state index is 11.9. The summed E-state index contributed by atoms with van der Waals surface area (Å²) in [6.45, 7) is 3.17. The van der Waals surface area contributed by atoms with Crippen molar-refractivity contribution in [3.05, 3.63) is 35.7 Å². The van der Waals surface area contributed by atoms with Gasteiger partial charge in [-0.15, -0.1) is 12.4 Å². The second kappa shape index (κ2) is 8.27. The van der Waals surface area contributed by atoms with Crippen LogP contribution in [0.25, 0.3) is 11.4 Å². The molecule has 0 saturated carbocycles. The molecule has 0 bridgehead atoms. The Morgan fingerprint density at radius 3 is 2.44 bits per heavy atom. The second-order valence-electron chi connectivity index (χ2n) is 5.93. The number of nitrogens with two attached hydrogens (primary N) is 1. The summed E-state index contributed by atoms with van der Waals surface area (Å²) in [4.78, 5) is 4.49. The van der Waals surface area contributed by atoms with E-state index in [-0.39, 0.29) is 24.1 Å². The lowest BCUT2D eigenvalue weighted by molar-refractivity contribution is 0.271. The van der Waals surface area contributed by atoms with Gasteiger partial charge in [-0.3, -0.25) is 0 Å². The van der Waals surface area contributed by atoms with E-state index < -0.39 is 10.0 Å². The fourth-order valence-corrected chi connectivity index (χ4v) is 4.00. The molecule has 2 aromatic rings. The van der Waals surface area contributed by atoms with Crippen molar-refractivity contribution in [2.24, 2.45) is 5.73 Å². The first-order valence-corrected chi connectivity index (χ1v) is 9.75. The summed E-state index contributed by atoms with van der Waals surface area (Å²) in [5.74, 6) is 1.39. The molecule has 3 rings (SSSR count). The Morgan fingerprint density at radius 2 is 1.88 bits per heavy atom. The lowest BCUT2D eigenvalue weighted by atomic mass is 9.98. The van der Waals surface area contributed by atoms with Gasteiger partial charge in [0.15, 0.2) is 0 Å². The number of nitrogens with zero attached hydrogens (tertiary/aromatic N) is 3. The first-order chi connectivity index (χ1) is 11.5. The molecule has 0 radical (unpaired) electrons. The zero-order valence-corrected chi connectivity index (χ0v) is 15.7. The smallest absolute Gasteiger partial charge is 0.230 e. The van der Waals surface area contributed by atoms with E-state index in [1.165, 1.54) is 0 Å². The molecule has 1 aromatic carbocycles. The monoisotopic (exact) mass is 386 g/mol. The highest BCUT2D eigenvalue weighted by molar-refractivity contribution is 7.89. The van der Waals surface area contributed by atoms with Crippen LogP contribution in [0.15, 0.2) is 28.8 Å². The highest BCUT2D eigenvalue weighted by Crippen LogP contribution is 2.29. The zero-order valence-electron chi connectivity index (χ0n) is 14.1. The summed E-state index contributed by atoms with van der Waals surface area (Å²) in [6, 6.07) is 7.74. The lowest BCUT2D eigenvalue weighted by Crippen LogP contribution is -2.38. The molecule has 1 saturated heterocycles. The third-order valence-corrected chi connectivity index (χ3v) is 6.33. The fourth-order valence-electron chi connectivity index (χ4n) is 2.87. The number of sulfonamides is 1. The van der Waals surface area contributed by atoms with Gasteiger partial charge in [0.1, 0.15) is 0 Å². The molecule has 25 heavy (non-hydrogen) atoms. The Kier molecular flexibility index (Phi) is 6.56. The van der Waals surface area contributed by atoms with Gasteiger partial charge in [-0.05, 0) is 25.3 Å². The van der Waals surface area contributed by atoms with Crippen LogP contribution in [0.3, 0.4) is 0 Å². The van der Waals surface area contributed by atoms with Crippen LogP contribution >= 0.6 is 12.4 Å². The van der Waals surface area contributed by atoms with Crippen LogP contribution in [0, 0.1) is 0 Å². The van der Waals surface area contributed by atoms with Crippen molar-refractivity contribution in [3.63, 3.8) is 0 Å². The minimum atomic E-state index is -3.11. The van der Waals surface area contributed by atoms with E-state index in [9.17, 15) is 8.42 Å². The Labute approximate surface area is 154 Å². The van der Waals surface area contributed by atoms with Crippen molar-refractivity contribution in [2.45, 2.75) is 32.2 Å². The van der Waals surface area contributed by atoms with Gasteiger partial charge in [-0.1, -0.05) is 29.4 Å². The number of hydrogen-bond acceptors (Lipinski definition) is 6. The predicted octanol–water partition coefficient (Wildman–Crippen LogP) is 2.15. The van der Waals surface area contributed by atoms with Crippen molar-refractivity contribution >= 4 is 22.4 Å². The molecule has 1 aliphatic rings. The highest BCUT2D eigenvalue weighted by atomic mass is 35.5. The normalized spacial score (nSPS) is 16.6. The summed E-state index contributed by atoms with van der Waals surface area (Å²) in [7, 11) is -3.11. The second-order valence-corrected chi connectivity index (χ2v) is 8.19. The molecular formula is C16H23ClN4O3S. The summed E-state index contributed by atoms with van der Waals surface area (Å²) in [6.07, 6.45) is 1.40. The summed E-state index contributed by atoms with van der Waals surface area (Å²) < 4.78 is 30.8. The van der Waals surface area contributed by atoms with Crippen molar-refractivity contribution in [1.29, 1.82) is 0 Å². The molecule has 0 amide bonds. The molecule has 7 nitrogen and oxygen atoms in total. The van der Waals surface area contributed by atoms with E-state index >= 15 is 0 Å². The minimum absolute atomic E-state index is 0. The van der Waals surface area contributed by atoms with Gasteiger partial charge in [0.2, 0.25) is 21.7 Å². The van der Waals surface area contributed by atoms with Crippen molar-refractivity contribution in [2.75, 3.05) is 18.8 Å². The van der Waals surface area contributed by atoms with E-state index in [0.717, 1.165) is 11.1 Å². The minimum Gasteiger partial charge on any atom is -0.339 e. The molecule has 0 spiro atoms. The maximum Gasteiger partial charge on any atom is 0.230 e. The Morgan fingerprint density at radius 1 is 1.24 bits per heavy atom. The van der Waals surface area contributed by atoms with E-state index in [4.69, 9.17) is 10.3 Å².